The molecule has 82 valence electrons. The fourth-order valence-electron chi connectivity index (χ4n) is 1.76. The molecule has 0 atom stereocenters. The normalized spacial score (nSPS) is 16.0. The molecule has 1 aliphatic carbocycles. The fourth-order valence-corrected chi connectivity index (χ4v) is 1.76. The molecule has 1 aromatic heterocycles. The summed E-state index contributed by atoms with van der Waals surface area (Å²) >= 11 is 0. The van der Waals surface area contributed by atoms with Crippen LogP contribution in [0, 0.1) is 5.92 Å². The Balaban J connectivity index is 1.81. The zero-order valence-corrected chi connectivity index (χ0v) is 8.74. The van der Waals surface area contributed by atoms with Crippen molar-refractivity contribution in [3.63, 3.8) is 0 Å². The Morgan fingerprint density at radius 1 is 1.33 bits per heavy atom. The highest BCUT2D eigenvalue weighted by Crippen LogP contribution is 2.29. The van der Waals surface area contributed by atoms with Gasteiger partial charge in [-0.25, -0.2) is 0 Å². The molecule has 0 unspecified atom stereocenters. The van der Waals surface area contributed by atoms with E-state index in [2.05, 4.69) is 15.3 Å². The van der Waals surface area contributed by atoms with Gasteiger partial charge in [0, 0.05) is 12.6 Å². The van der Waals surface area contributed by atoms with Gasteiger partial charge in [-0.05, 0) is 12.3 Å². The van der Waals surface area contributed by atoms with Gasteiger partial charge in [0.05, 0.1) is 0 Å². The molecule has 1 heterocycles. The fraction of sp³-hybridized carbons (Fsp3) is 0.600. The quantitative estimate of drug-likeness (QED) is 0.691. The molecule has 0 aliphatic heterocycles. The summed E-state index contributed by atoms with van der Waals surface area (Å²) in [5, 5.41) is 3.21. The minimum Gasteiger partial charge on any atom is -0.383 e. The zero-order valence-electron chi connectivity index (χ0n) is 8.74. The van der Waals surface area contributed by atoms with E-state index in [1.54, 1.807) is 6.07 Å². The molecule has 5 N–H and O–H groups in total. The second-order valence-corrected chi connectivity index (χ2v) is 4.05. The number of rotatable bonds is 4. The highest BCUT2D eigenvalue weighted by atomic mass is 15.1. The van der Waals surface area contributed by atoms with Crippen LogP contribution in [0.3, 0.4) is 0 Å². The largest absolute Gasteiger partial charge is 0.383 e. The molecule has 1 saturated carbocycles. The number of anilines is 3. The summed E-state index contributed by atoms with van der Waals surface area (Å²) in [6.45, 7) is 0.931. The maximum absolute atomic E-state index is 5.56. The highest BCUT2D eigenvalue weighted by Gasteiger charge is 2.16. The van der Waals surface area contributed by atoms with E-state index in [1.165, 1.54) is 25.7 Å². The Kier molecular flexibility index (Phi) is 2.89. The molecule has 0 aromatic carbocycles. The zero-order chi connectivity index (χ0) is 10.7. The van der Waals surface area contributed by atoms with Crippen LogP contribution in [0.15, 0.2) is 6.07 Å². The molecule has 2 rings (SSSR count). The molecule has 1 fully saturated rings. The summed E-state index contributed by atoms with van der Waals surface area (Å²) in [5.41, 5.74) is 11.0. The number of hydrogen-bond acceptors (Lipinski definition) is 5. The third-order valence-electron chi connectivity index (χ3n) is 2.85. The first-order valence-corrected chi connectivity index (χ1v) is 5.38. The Morgan fingerprint density at radius 3 is 2.73 bits per heavy atom. The Morgan fingerprint density at radius 2 is 2.13 bits per heavy atom. The molecular formula is C10H17N5. The van der Waals surface area contributed by atoms with Crippen LogP contribution in [0.25, 0.3) is 0 Å². The molecule has 15 heavy (non-hydrogen) atoms. The average Bonchev–Trinajstić information content (AvgIpc) is 2.07. The summed E-state index contributed by atoms with van der Waals surface area (Å²) < 4.78 is 0. The van der Waals surface area contributed by atoms with E-state index in [0.717, 1.165) is 18.3 Å². The van der Waals surface area contributed by atoms with E-state index in [0.29, 0.717) is 5.82 Å². The number of hydrogen-bond donors (Lipinski definition) is 3. The van der Waals surface area contributed by atoms with Crippen molar-refractivity contribution in [3.05, 3.63) is 6.07 Å². The van der Waals surface area contributed by atoms with Gasteiger partial charge < -0.3 is 16.8 Å². The van der Waals surface area contributed by atoms with Gasteiger partial charge in [-0.3, -0.25) is 0 Å². The van der Waals surface area contributed by atoms with Crippen molar-refractivity contribution in [2.45, 2.75) is 25.7 Å². The van der Waals surface area contributed by atoms with Crippen LogP contribution in [0.2, 0.25) is 0 Å². The third kappa shape index (κ3) is 2.71. The monoisotopic (exact) mass is 207 g/mol. The van der Waals surface area contributed by atoms with Crippen LogP contribution in [0.4, 0.5) is 17.6 Å². The minimum absolute atomic E-state index is 0.223. The molecule has 1 aliphatic rings. The van der Waals surface area contributed by atoms with Crippen molar-refractivity contribution in [1.82, 2.24) is 9.97 Å². The Bertz CT molecular complexity index is 314. The van der Waals surface area contributed by atoms with Gasteiger partial charge in [0.1, 0.15) is 11.6 Å². The second-order valence-electron chi connectivity index (χ2n) is 4.05. The van der Waals surface area contributed by atoms with Crippen molar-refractivity contribution < 1.29 is 0 Å². The van der Waals surface area contributed by atoms with Gasteiger partial charge in [0.2, 0.25) is 5.95 Å². The van der Waals surface area contributed by atoms with Crippen LogP contribution in [-0.4, -0.2) is 16.5 Å². The predicted octanol–water partition coefficient (Wildman–Crippen LogP) is 1.24. The van der Waals surface area contributed by atoms with E-state index < -0.39 is 0 Å². The van der Waals surface area contributed by atoms with Crippen LogP contribution < -0.4 is 16.8 Å². The van der Waals surface area contributed by atoms with Crippen LogP contribution in [0.5, 0.6) is 0 Å². The van der Waals surface area contributed by atoms with Gasteiger partial charge in [0.25, 0.3) is 0 Å². The third-order valence-corrected chi connectivity index (χ3v) is 2.85. The molecule has 0 saturated heterocycles. The maximum atomic E-state index is 5.56. The molecule has 0 bridgehead atoms. The summed E-state index contributed by atoms with van der Waals surface area (Å²) in [7, 11) is 0. The lowest BCUT2D eigenvalue weighted by Crippen LogP contribution is -2.16. The number of nitrogens with two attached hydrogens (primary N) is 2. The van der Waals surface area contributed by atoms with E-state index >= 15 is 0 Å². The van der Waals surface area contributed by atoms with E-state index in [1.807, 2.05) is 0 Å². The second kappa shape index (κ2) is 4.33. The molecule has 5 heteroatoms. The Hall–Kier alpha value is -1.52. The van der Waals surface area contributed by atoms with Crippen LogP contribution in [0.1, 0.15) is 25.7 Å². The van der Waals surface area contributed by atoms with Crippen molar-refractivity contribution in [1.29, 1.82) is 0 Å². The first-order valence-electron chi connectivity index (χ1n) is 5.38. The highest BCUT2D eigenvalue weighted by molar-refractivity contribution is 5.48. The number of nitrogens with zero attached hydrogens (tertiary/aromatic N) is 2. The van der Waals surface area contributed by atoms with Crippen molar-refractivity contribution >= 4 is 17.6 Å². The van der Waals surface area contributed by atoms with Crippen molar-refractivity contribution in [3.8, 4) is 0 Å². The summed E-state index contributed by atoms with van der Waals surface area (Å²) in [6.07, 6.45) is 5.33. The van der Waals surface area contributed by atoms with E-state index in [-0.39, 0.29) is 5.95 Å². The van der Waals surface area contributed by atoms with E-state index in [4.69, 9.17) is 11.5 Å². The SMILES string of the molecule is Nc1cc(NCCC2CCC2)nc(N)n1. The number of aromatic nitrogens is 2. The molecule has 0 amide bonds. The van der Waals surface area contributed by atoms with E-state index in [9.17, 15) is 0 Å². The van der Waals surface area contributed by atoms with Crippen LogP contribution in [-0.2, 0) is 0 Å². The molecule has 5 nitrogen and oxygen atoms in total. The maximum Gasteiger partial charge on any atom is 0.223 e. The van der Waals surface area contributed by atoms with Gasteiger partial charge >= 0.3 is 0 Å². The van der Waals surface area contributed by atoms with Gasteiger partial charge in [-0.2, -0.15) is 9.97 Å². The minimum atomic E-state index is 0.223. The first-order chi connectivity index (χ1) is 7.24. The standard InChI is InChI=1S/C10H17N5/c11-8-6-9(15-10(12)14-8)13-5-4-7-2-1-3-7/h6-7H,1-5H2,(H5,11,12,13,14,15). The summed E-state index contributed by atoms with van der Waals surface area (Å²) in [4.78, 5) is 7.86. The Labute approximate surface area is 89.3 Å². The van der Waals surface area contributed by atoms with Gasteiger partial charge in [-0.1, -0.05) is 19.3 Å². The predicted molar refractivity (Wildman–Crippen MR) is 61.3 cm³/mol. The summed E-state index contributed by atoms with van der Waals surface area (Å²) in [6, 6.07) is 1.71. The smallest absolute Gasteiger partial charge is 0.223 e. The molecular weight excluding hydrogens is 190 g/mol. The van der Waals surface area contributed by atoms with Crippen molar-refractivity contribution in [2.75, 3.05) is 23.3 Å². The van der Waals surface area contributed by atoms with Gasteiger partial charge in [-0.15, -0.1) is 0 Å². The lowest BCUT2D eigenvalue weighted by Gasteiger charge is -2.25. The van der Waals surface area contributed by atoms with Gasteiger partial charge in [0.15, 0.2) is 0 Å². The number of nitrogen functional groups attached to an aromatic ring is 2. The molecule has 0 spiro atoms. The number of nitrogens with one attached hydrogen (secondary N) is 1. The molecule has 1 aromatic rings. The lowest BCUT2D eigenvalue weighted by molar-refractivity contribution is 0.303. The van der Waals surface area contributed by atoms with Crippen LogP contribution >= 0.6 is 0 Å². The van der Waals surface area contributed by atoms with Crippen molar-refractivity contribution in [2.24, 2.45) is 5.92 Å². The first kappa shape index (κ1) is 10.0. The summed E-state index contributed by atoms with van der Waals surface area (Å²) in [5.74, 6) is 2.25. The molecule has 0 radical (unpaired) electrons. The topological polar surface area (TPSA) is 89.8 Å². The lowest BCUT2D eigenvalue weighted by atomic mass is 9.83. The average molecular weight is 207 g/mol.